The molecule has 0 aliphatic heterocycles. The number of hydrogen-bond acceptors (Lipinski definition) is 3. The summed E-state index contributed by atoms with van der Waals surface area (Å²) in [7, 11) is 0. The van der Waals surface area contributed by atoms with Gasteiger partial charge in [-0.05, 0) is 43.9 Å². The Balaban J connectivity index is 2.03. The molecule has 0 radical (unpaired) electrons. The van der Waals surface area contributed by atoms with Crippen molar-refractivity contribution in [1.29, 1.82) is 0 Å². The van der Waals surface area contributed by atoms with E-state index in [1.807, 2.05) is 6.07 Å². The van der Waals surface area contributed by atoms with Gasteiger partial charge in [-0.15, -0.1) is 0 Å². The van der Waals surface area contributed by atoms with Crippen LogP contribution in [-0.2, 0) is 0 Å². The number of aryl methyl sites for hydroxylation is 1. The number of pyridine rings is 1. The highest BCUT2D eigenvalue weighted by Crippen LogP contribution is 2.31. The van der Waals surface area contributed by atoms with Crippen LogP contribution in [0.4, 0.5) is 5.82 Å². The van der Waals surface area contributed by atoms with Crippen molar-refractivity contribution in [3.63, 3.8) is 0 Å². The fourth-order valence-electron chi connectivity index (χ4n) is 2.80. The van der Waals surface area contributed by atoms with E-state index in [0.29, 0.717) is 12.6 Å². The molecule has 2 N–H and O–H groups in total. The zero-order chi connectivity index (χ0) is 13.2. The van der Waals surface area contributed by atoms with Crippen LogP contribution in [0, 0.1) is 6.92 Å². The van der Waals surface area contributed by atoms with Crippen molar-refractivity contribution in [2.75, 3.05) is 18.0 Å². The number of hydrogen-bond donors (Lipinski definition) is 1. The Kier molecular flexibility index (Phi) is 3.38. The van der Waals surface area contributed by atoms with Crippen LogP contribution in [0.25, 0.3) is 10.9 Å². The van der Waals surface area contributed by atoms with Crippen molar-refractivity contribution in [3.05, 3.63) is 35.9 Å². The molecule has 0 spiro atoms. The molecular formula is C16H21N3. The monoisotopic (exact) mass is 255 g/mol. The summed E-state index contributed by atoms with van der Waals surface area (Å²) in [5.41, 5.74) is 8.10. The van der Waals surface area contributed by atoms with Gasteiger partial charge in [-0.25, -0.2) is 4.98 Å². The number of rotatable bonds is 4. The van der Waals surface area contributed by atoms with Crippen molar-refractivity contribution in [2.45, 2.75) is 32.2 Å². The number of para-hydroxylation sites is 1. The van der Waals surface area contributed by atoms with Crippen molar-refractivity contribution >= 4 is 16.7 Å². The van der Waals surface area contributed by atoms with E-state index in [1.165, 1.54) is 30.2 Å². The van der Waals surface area contributed by atoms with E-state index < -0.39 is 0 Å². The van der Waals surface area contributed by atoms with Crippen molar-refractivity contribution in [1.82, 2.24) is 4.98 Å². The van der Waals surface area contributed by atoms with Crippen molar-refractivity contribution in [3.8, 4) is 0 Å². The van der Waals surface area contributed by atoms with Crippen LogP contribution in [0.15, 0.2) is 30.3 Å². The molecule has 3 nitrogen and oxygen atoms in total. The van der Waals surface area contributed by atoms with Gasteiger partial charge in [-0.1, -0.05) is 18.2 Å². The molecular weight excluding hydrogens is 234 g/mol. The smallest absolute Gasteiger partial charge is 0.132 e. The molecule has 1 aliphatic carbocycles. The van der Waals surface area contributed by atoms with Gasteiger partial charge in [0.1, 0.15) is 5.82 Å². The molecule has 1 fully saturated rings. The van der Waals surface area contributed by atoms with Gasteiger partial charge in [0.25, 0.3) is 0 Å². The molecule has 3 heteroatoms. The summed E-state index contributed by atoms with van der Waals surface area (Å²) in [6, 6.07) is 11.2. The lowest BCUT2D eigenvalue weighted by Gasteiger charge is -2.39. The predicted octanol–water partition coefficient (Wildman–Crippen LogP) is 2.86. The summed E-state index contributed by atoms with van der Waals surface area (Å²) in [5, 5.41) is 1.21. The summed E-state index contributed by atoms with van der Waals surface area (Å²) in [4.78, 5) is 7.28. The normalized spacial score (nSPS) is 15.5. The number of anilines is 1. The SMILES string of the molecule is Cc1cc2ccccc2nc1N(CCN)C1CCC1. The maximum absolute atomic E-state index is 5.78. The molecule has 0 bridgehead atoms. The highest BCUT2D eigenvalue weighted by molar-refractivity contribution is 5.81. The van der Waals surface area contributed by atoms with Gasteiger partial charge >= 0.3 is 0 Å². The summed E-state index contributed by atoms with van der Waals surface area (Å²) < 4.78 is 0. The first kappa shape index (κ1) is 12.4. The Labute approximate surface area is 114 Å². The lowest BCUT2D eigenvalue weighted by Crippen LogP contribution is -2.43. The highest BCUT2D eigenvalue weighted by atomic mass is 15.2. The number of benzene rings is 1. The lowest BCUT2D eigenvalue weighted by atomic mass is 9.91. The van der Waals surface area contributed by atoms with Gasteiger partial charge in [0.15, 0.2) is 0 Å². The Morgan fingerprint density at radius 1 is 1.32 bits per heavy atom. The predicted molar refractivity (Wildman–Crippen MR) is 80.5 cm³/mol. The van der Waals surface area contributed by atoms with Crippen LogP contribution in [-0.4, -0.2) is 24.1 Å². The van der Waals surface area contributed by atoms with E-state index in [0.717, 1.165) is 17.9 Å². The minimum absolute atomic E-state index is 0.635. The van der Waals surface area contributed by atoms with Gasteiger partial charge in [0, 0.05) is 24.5 Å². The van der Waals surface area contributed by atoms with E-state index in [1.54, 1.807) is 0 Å². The standard InChI is InChI=1S/C16H21N3/c1-12-11-13-5-2-3-8-15(13)18-16(12)19(10-9-17)14-6-4-7-14/h2-3,5,8,11,14H,4,6-7,9-10,17H2,1H3. The Morgan fingerprint density at radius 2 is 2.11 bits per heavy atom. The Morgan fingerprint density at radius 3 is 2.79 bits per heavy atom. The topological polar surface area (TPSA) is 42.2 Å². The average molecular weight is 255 g/mol. The number of fused-ring (bicyclic) bond motifs is 1. The number of aromatic nitrogens is 1. The minimum Gasteiger partial charge on any atom is -0.352 e. The minimum atomic E-state index is 0.635. The van der Waals surface area contributed by atoms with Crippen LogP contribution in [0.3, 0.4) is 0 Å². The first-order chi connectivity index (χ1) is 9.29. The molecule has 0 unspecified atom stereocenters. The largest absolute Gasteiger partial charge is 0.352 e. The molecule has 1 heterocycles. The Hall–Kier alpha value is -1.61. The zero-order valence-electron chi connectivity index (χ0n) is 11.5. The van der Waals surface area contributed by atoms with Gasteiger partial charge in [-0.3, -0.25) is 0 Å². The third kappa shape index (κ3) is 2.30. The maximum Gasteiger partial charge on any atom is 0.132 e. The summed E-state index contributed by atoms with van der Waals surface area (Å²) in [6.45, 7) is 3.73. The second-order valence-corrected chi connectivity index (χ2v) is 5.39. The first-order valence-corrected chi connectivity index (χ1v) is 7.12. The second kappa shape index (κ2) is 5.17. The van der Waals surface area contributed by atoms with E-state index >= 15 is 0 Å². The van der Waals surface area contributed by atoms with E-state index in [9.17, 15) is 0 Å². The second-order valence-electron chi connectivity index (χ2n) is 5.39. The third-order valence-electron chi connectivity index (χ3n) is 4.05. The summed E-state index contributed by atoms with van der Waals surface area (Å²) >= 11 is 0. The average Bonchev–Trinajstić information content (AvgIpc) is 2.35. The molecule has 100 valence electrons. The van der Waals surface area contributed by atoms with Gasteiger partial charge in [0.2, 0.25) is 0 Å². The molecule has 0 saturated heterocycles. The molecule has 1 aliphatic rings. The van der Waals surface area contributed by atoms with Crippen LogP contribution in [0.1, 0.15) is 24.8 Å². The lowest BCUT2D eigenvalue weighted by molar-refractivity contribution is 0.386. The molecule has 2 aromatic rings. The molecule has 1 saturated carbocycles. The highest BCUT2D eigenvalue weighted by Gasteiger charge is 2.26. The number of nitrogens with zero attached hydrogens (tertiary/aromatic N) is 2. The summed E-state index contributed by atoms with van der Waals surface area (Å²) in [5.74, 6) is 1.12. The van der Waals surface area contributed by atoms with E-state index in [-0.39, 0.29) is 0 Å². The Bertz CT molecular complexity index is 575. The van der Waals surface area contributed by atoms with Crippen LogP contribution < -0.4 is 10.6 Å². The van der Waals surface area contributed by atoms with Crippen molar-refractivity contribution < 1.29 is 0 Å². The molecule has 0 amide bonds. The van der Waals surface area contributed by atoms with Crippen molar-refractivity contribution in [2.24, 2.45) is 5.73 Å². The quantitative estimate of drug-likeness (QED) is 0.913. The first-order valence-electron chi connectivity index (χ1n) is 7.12. The third-order valence-corrected chi connectivity index (χ3v) is 4.05. The maximum atomic E-state index is 5.78. The molecule has 1 aromatic heterocycles. The van der Waals surface area contributed by atoms with E-state index in [4.69, 9.17) is 10.7 Å². The van der Waals surface area contributed by atoms with Crippen LogP contribution in [0.2, 0.25) is 0 Å². The van der Waals surface area contributed by atoms with Gasteiger partial charge < -0.3 is 10.6 Å². The fourth-order valence-corrected chi connectivity index (χ4v) is 2.80. The van der Waals surface area contributed by atoms with Crippen LogP contribution in [0.5, 0.6) is 0 Å². The van der Waals surface area contributed by atoms with E-state index in [2.05, 4.69) is 36.1 Å². The zero-order valence-corrected chi connectivity index (χ0v) is 11.5. The molecule has 1 aromatic carbocycles. The number of nitrogens with two attached hydrogens (primary N) is 1. The van der Waals surface area contributed by atoms with Crippen LogP contribution >= 0.6 is 0 Å². The fraction of sp³-hybridized carbons (Fsp3) is 0.438. The van der Waals surface area contributed by atoms with Gasteiger partial charge in [0.05, 0.1) is 5.52 Å². The molecule has 0 atom stereocenters. The summed E-state index contributed by atoms with van der Waals surface area (Å²) in [6.07, 6.45) is 3.88. The molecule has 3 rings (SSSR count). The molecule has 19 heavy (non-hydrogen) atoms. The van der Waals surface area contributed by atoms with Gasteiger partial charge in [-0.2, -0.15) is 0 Å².